The molecule has 0 unspecified atom stereocenters. The van der Waals surface area contributed by atoms with Crippen molar-refractivity contribution < 1.29 is 14.3 Å². The molecule has 104 valence electrons. The van der Waals surface area contributed by atoms with Crippen molar-refractivity contribution in [2.75, 3.05) is 0 Å². The fraction of sp³-hybridized carbons (Fsp3) is 0. The van der Waals surface area contributed by atoms with Gasteiger partial charge in [-0.15, -0.1) is 0 Å². The number of nitrogens with zero attached hydrogens (tertiary/aromatic N) is 2. The summed E-state index contributed by atoms with van der Waals surface area (Å²) in [6.45, 7) is 0. The minimum atomic E-state index is -1.06. The second kappa shape index (κ2) is 5.21. The topological polar surface area (TPSA) is 63.1 Å². The van der Waals surface area contributed by atoms with Gasteiger partial charge in [0.05, 0.1) is 23.0 Å². The molecule has 0 atom stereocenters. The first kappa shape index (κ1) is 13.6. The van der Waals surface area contributed by atoms with Crippen LogP contribution < -0.4 is 0 Å². The van der Waals surface area contributed by atoms with Crippen LogP contribution in [-0.4, -0.2) is 21.0 Å². The number of fused-ring (bicyclic) bond motifs is 1. The highest BCUT2D eigenvalue weighted by Crippen LogP contribution is 2.29. The standard InChI is InChI=1S/C15H8BrFN2O2/c16-12-3-1-2-10-11(15(20)21)5-13(19-14(10)12)8-4-9(17)7-18-6-8/h1-7H,(H,20,21). The Morgan fingerprint density at radius 1 is 1.24 bits per heavy atom. The van der Waals surface area contributed by atoms with E-state index in [2.05, 4.69) is 25.9 Å². The van der Waals surface area contributed by atoms with E-state index >= 15 is 0 Å². The lowest BCUT2D eigenvalue weighted by Gasteiger charge is -2.08. The summed E-state index contributed by atoms with van der Waals surface area (Å²) in [4.78, 5) is 19.6. The Hall–Kier alpha value is -2.34. The van der Waals surface area contributed by atoms with E-state index in [9.17, 15) is 14.3 Å². The molecule has 3 aromatic rings. The van der Waals surface area contributed by atoms with E-state index < -0.39 is 11.8 Å². The monoisotopic (exact) mass is 346 g/mol. The number of hydrogen-bond donors (Lipinski definition) is 1. The highest BCUT2D eigenvalue weighted by atomic mass is 79.9. The normalized spacial score (nSPS) is 10.8. The lowest BCUT2D eigenvalue weighted by atomic mass is 10.1. The van der Waals surface area contributed by atoms with Crippen molar-refractivity contribution in [2.24, 2.45) is 0 Å². The summed E-state index contributed by atoms with van der Waals surface area (Å²) in [7, 11) is 0. The van der Waals surface area contributed by atoms with Crippen LogP contribution in [0.1, 0.15) is 10.4 Å². The van der Waals surface area contributed by atoms with Gasteiger partial charge in [0.1, 0.15) is 5.82 Å². The van der Waals surface area contributed by atoms with Crippen LogP contribution in [0, 0.1) is 5.82 Å². The third kappa shape index (κ3) is 2.50. The first-order valence-electron chi connectivity index (χ1n) is 6.00. The Bertz CT molecular complexity index is 867. The van der Waals surface area contributed by atoms with Crippen molar-refractivity contribution in [1.82, 2.24) is 9.97 Å². The number of para-hydroxylation sites is 1. The van der Waals surface area contributed by atoms with Crippen LogP contribution in [0.5, 0.6) is 0 Å². The second-order valence-electron chi connectivity index (χ2n) is 4.39. The summed E-state index contributed by atoms with van der Waals surface area (Å²) in [6.07, 6.45) is 2.53. The van der Waals surface area contributed by atoms with Gasteiger partial charge >= 0.3 is 5.97 Å². The Labute approximate surface area is 127 Å². The number of hydrogen-bond acceptors (Lipinski definition) is 3. The number of carboxylic acids is 1. The molecule has 1 aromatic carbocycles. The maximum Gasteiger partial charge on any atom is 0.336 e. The van der Waals surface area contributed by atoms with Crippen LogP contribution in [0.3, 0.4) is 0 Å². The van der Waals surface area contributed by atoms with Gasteiger partial charge in [-0.25, -0.2) is 14.2 Å². The molecule has 0 saturated heterocycles. The van der Waals surface area contributed by atoms with Gasteiger partial charge < -0.3 is 5.11 Å². The SMILES string of the molecule is O=C(O)c1cc(-c2cncc(F)c2)nc2c(Br)cccc12. The number of carbonyl (C=O) groups is 1. The number of halogens is 2. The Morgan fingerprint density at radius 2 is 2.05 bits per heavy atom. The molecule has 0 bridgehead atoms. The Kier molecular flexibility index (Phi) is 3.39. The molecule has 6 heteroatoms. The predicted molar refractivity (Wildman–Crippen MR) is 79.6 cm³/mol. The van der Waals surface area contributed by atoms with Crippen molar-refractivity contribution in [3.63, 3.8) is 0 Å². The quantitative estimate of drug-likeness (QED) is 0.764. The van der Waals surface area contributed by atoms with Crippen molar-refractivity contribution in [3.05, 3.63) is 58.6 Å². The fourth-order valence-corrected chi connectivity index (χ4v) is 2.55. The molecular formula is C15H8BrFN2O2. The molecular weight excluding hydrogens is 339 g/mol. The molecule has 21 heavy (non-hydrogen) atoms. The van der Waals surface area contributed by atoms with Gasteiger partial charge in [0.15, 0.2) is 0 Å². The van der Waals surface area contributed by atoms with Crippen molar-refractivity contribution in [3.8, 4) is 11.3 Å². The molecule has 0 saturated carbocycles. The van der Waals surface area contributed by atoms with E-state index in [0.717, 1.165) is 6.20 Å². The van der Waals surface area contributed by atoms with E-state index in [1.807, 2.05) is 0 Å². The lowest BCUT2D eigenvalue weighted by molar-refractivity contribution is 0.0699. The average Bonchev–Trinajstić information content (AvgIpc) is 2.46. The molecule has 0 aliphatic carbocycles. The second-order valence-corrected chi connectivity index (χ2v) is 5.24. The number of rotatable bonds is 2. The zero-order chi connectivity index (χ0) is 15.0. The predicted octanol–water partition coefficient (Wildman–Crippen LogP) is 3.90. The first-order valence-corrected chi connectivity index (χ1v) is 6.79. The van der Waals surface area contributed by atoms with Crippen LogP contribution in [0.25, 0.3) is 22.2 Å². The highest BCUT2D eigenvalue weighted by Gasteiger charge is 2.14. The number of aromatic carboxylic acids is 1. The van der Waals surface area contributed by atoms with Crippen molar-refractivity contribution in [1.29, 1.82) is 0 Å². The summed E-state index contributed by atoms with van der Waals surface area (Å²) >= 11 is 3.36. The summed E-state index contributed by atoms with van der Waals surface area (Å²) < 4.78 is 14.0. The summed E-state index contributed by atoms with van der Waals surface area (Å²) in [5, 5.41) is 9.89. The summed E-state index contributed by atoms with van der Waals surface area (Å²) in [5.41, 5.74) is 1.41. The van der Waals surface area contributed by atoms with E-state index in [-0.39, 0.29) is 5.56 Å². The molecule has 0 aliphatic heterocycles. The molecule has 3 rings (SSSR count). The number of carboxylic acid groups (broad SMARTS) is 1. The van der Waals surface area contributed by atoms with Crippen LogP contribution in [-0.2, 0) is 0 Å². The third-order valence-corrected chi connectivity index (χ3v) is 3.66. The largest absolute Gasteiger partial charge is 0.478 e. The number of aromatic nitrogens is 2. The summed E-state index contributed by atoms with van der Waals surface area (Å²) in [5.74, 6) is -1.57. The molecule has 0 fully saturated rings. The average molecular weight is 347 g/mol. The molecule has 0 spiro atoms. The van der Waals surface area contributed by atoms with Gasteiger partial charge in [-0.05, 0) is 34.1 Å². The minimum absolute atomic E-state index is 0.112. The maximum atomic E-state index is 13.3. The molecule has 0 radical (unpaired) electrons. The van der Waals surface area contributed by atoms with E-state index in [1.54, 1.807) is 18.2 Å². The summed E-state index contributed by atoms with van der Waals surface area (Å²) in [6, 6.07) is 7.89. The van der Waals surface area contributed by atoms with Gasteiger partial charge in [-0.2, -0.15) is 0 Å². The molecule has 0 aliphatic rings. The minimum Gasteiger partial charge on any atom is -0.478 e. The van der Waals surface area contributed by atoms with Crippen molar-refractivity contribution >= 4 is 32.8 Å². The van der Waals surface area contributed by atoms with Gasteiger partial charge in [-0.1, -0.05) is 12.1 Å². The number of pyridine rings is 2. The lowest BCUT2D eigenvalue weighted by Crippen LogP contribution is -2.01. The van der Waals surface area contributed by atoms with E-state index in [4.69, 9.17) is 0 Å². The van der Waals surface area contributed by atoms with Crippen LogP contribution in [0.15, 0.2) is 47.2 Å². The van der Waals surface area contributed by atoms with Gasteiger partial charge in [0.2, 0.25) is 0 Å². The third-order valence-electron chi connectivity index (χ3n) is 3.02. The molecule has 1 N–H and O–H groups in total. The van der Waals surface area contributed by atoms with Gasteiger partial charge in [-0.3, -0.25) is 4.98 Å². The highest BCUT2D eigenvalue weighted by molar-refractivity contribution is 9.10. The van der Waals surface area contributed by atoms with Gasteiger partial charge in [0.25, 0.3) is 0 Å². The van der Waals surface area contributed by atoms with Gasteiger partial charge in [0, 0.05) is 21.6 Å². The zero-order valence-electron chi connectivity index (χ0n) is 10.5. The Balaban J connectivity index is 2.35. The van der Waals surface area contributed by atoms with Crippen LogP contribution in [0.4, 0.5) is 4.39 Å². The molecule has 0 amide bonds. The fourth-order valence-electron chi connectivity index (χ4n) is 2.09. The van der Waals surface area contributed by atoms with Crippen LogP contribution in [0.2, 0.25) is 0 Å². The van der Waals surface area contributed by atoms with E-state index in [1.165, 1.54) is 18.3 Å². The molecule has 2 heterocycles. The maximum absolute atomic E-state index is 13.3. The number of benzene rings is 1. The van der Waals surface area contributed by atoms with Crippen LogP contribution >= 0.6 is 15.9 Å². The molecule has 4 nitrogen and oxygen atoms in total. The smallest absolute Gasteiger partial charge is 0.336 e. The zero-order valence-corrected chi connectivity index (χ0v) is 12.1. The Morgan fingerprint density at radius 3 is 2.76 bits per heavy atom. The molecule has 2 aromatic heterocycles. The first-order chi connectivity index (χ1) is 10.1. The van der Waals surface area contributed by atoms with E-state index in [0.29, 0.717) is 26.6 Å². The van der Waals surface area contributed by atoms with Crippen molar-refractivity contribution in [2.45, 2.75) is 0 Å².